The molecule has 3 aromatic rings. The number of rotatable bonds is 6. The molecule has 0 saturated carbocycles. The van der Waals surface area contributed by atoms with Crippen molar-refractivity contribution in [2.45, 2.75) is 25.9 Å². The number of carbonyl (C=O) groups excluding carboxylic acids is 1. The molecule has 1 amide bonds. The number of H-pyrrole nitrogens is 2. The molecule has 1 aromatic carbocycles. The maximum Gasteiger partial charge on any atom is 0.340 e. The lowest BCUT2D eigenvalue weighted by Gasteiger charge is -2.08. The summed E-state index contributed by atoms with van der Waals surface area (Å²) in [5.74, 6) is -0.0258. The molecule has 0 aliphatic carbocycles. The second-order valence-corrected chi connectivity index (χ2v) is 5.36. The van der Waals surface area contributed by atoms with Crippen molar-refractivity contribution in [2.24, 2.45) is 0 Å². The summed E-state index contributed by atoms with van der Waals surface area (Å²) in [6, 6.07) is 9.56. The maximum atomic E-state index is 12.2. The Kier molecular flexibility index (Phi) is 4.50. The SMILES string of the molecule is C[C@@H](NC(=O)c1cn(CCc2ccccc2)nn1)c1n[nH]c(=O)[nH]1. The van der Waals surface area contributed by atoms with E-state index in [9.17, 15) is 9.59 Å². The Balaban J connectivity index is 1.58. The number of amides is 1. The monoisotopic (exact) mass is 327 g/mol. The lowest BCUT2D eigenvalue weighted by Crippen LogP contribution is -2.28. The van der Waals surface area contributed by atoms with Gasteiger partial charge in [-0.2, -0.15) is 5.10 Å². The Morgan fingerprint density at radius 3 is 2.83 bits per heavy atom. The van der Waals surface area contributed by atoms with Crippen molar-refractivity contribution >= 4 is 5.91 Å². The summed E-state index contributed by atoms with van der Waals surface area (Å²) in [6.07, 6.45) is 2.40. The summed E-state index contributed by atoms with van der Waals surface area (Å²) < 4.78 is 1.63. The number of aromatic nitrogens is 6. The molecule has 2 aromatic heterocycles. The highest BCUT2D eigenvalue weighted by Gasteiger charge is 2.16. The smallest absolute Gasteiger partial charge is 0.340 e. The van der Waals surface area contributed by atoms with Crippen molar-refractivity contribution < 1.29 is 4.79 Å². The summed E-state index contributed by atoms with van der Waals surface area (Å²) in [4.78, 5) is 25.7. The van der Waals surface area contributed by atoms with Crippen LogP contribution < -0.4 is 11.0 Å². The van der Waals surface area contributed by atoms with Gasteiger partial charge in [0.15, 0.2) is 11.5 Å². The highest BCUT2D eigenvalue weighted by Crippen LogP contribution is 2.05. The Hall–Kier alpha value is -3.23. The minimum absolute atomic E-state index is 0.216. The second-order valence-electron chi connectivity index (χ2n) is 5.36. The minimum Gasteiger partial charge on any atom is -0.341 e. The fourth-order valence-electron chi connectivity index (χ4n) is 2.23. The average molecular weight is 327 g/mol. The van der Waals surface area contributed by atoms with Crippen LogP contribution >= 0.6 is 0 Å². The summed E-state index contributed by atoms with van der Waals surface area (Å²) in [5, 5.41) is 16.6. The number of nitrogens with one attached hydrogen (secondary N) is 3. The topological polar surface area (TPSA) is 121 Å². The quantitative estimate of drug-likeness (QED) is 0.606. The van der Waals surface area contributed by atoms with Gasteiger partial charge in [-0.15, -0.1) is 5.10 Å². The van der Waals surface area contributed by atoms with Crippen LogP contribution in [0.3, 0.4) is 0 Å². The standard InChI is InChI=1S/C15H17N7O2/c1-10(13-17-15(24)20-19-13)16-14(23)12-9-22(21-18-12)8-7-11-5-3-2-4-6-11/h2-6,9-10H,7-8H2,1H3,(H,16,23)(H2,17,19,20,24)/t10-/m1/s1. The second kappa shape index (κ2) is 6.90. The number of nitrogens with zero attached hydrogens (tertiary/aromatic N) is 4. The highest BCUT2D eigenvalue weighted by atomic mass is 16.2. The van der Waals surface area contributed by atoms with Crippen LogP contribution in [0.4, 0.5) is 0 Å². The molecule has 9 heteroatoms. The van der Waals surface area contributed by atoms with Gasteiger partial charge in [-0.05, 0) is 18.9 Å². The van der Waals surface area contributed by atoms with Gasteiger partial charge < -0.3 is 5.32 Å². The molecule has 0 bridgehead atoms. The number of carbonyl (C=O) groups is 1. The number of aromatic amines is 2. The number of aryl methyl sites for hydroxylation is 2. The molecular weight excluding hydrogens is 310 g/mol. The van der Waals surface area contributed by atoms with Gasteiger partial charge in [-0.25, -0.2) is 9.89 Å². The van der Waals surface area contributed by atoms with Crippen LogP contribution in [0, 0.1) is 0 Å². The lowest BCUT2D eigenvalue weighted by atomic mass is 10.1. The molecule has 0 aliphatic heterocycles. The van der Waals surface area contributed by atoms with Gasteiger partial charge in [0.05, 0.1) is 12.2 Å². The molecule has 3 rings (SSSR count). The fraction of sp³-hybridized carbons (Fsp3) is 0.267. The molecule has 1 atom stereocenters. The molecule has 0 aliphatic rings. The van der Waals surface area contributed by atoms with E-state index in [1.54, 1.807) is 17.8 Å². The van der Waals surface area contributed by atoms with E-state index in [4.69, 9.17) is 0 Å². The molecule has 0 fully saturated rings. The highest BCUT2D eigenvalue weighted by molar-refractivity contribution is 5.92. The molecule has 9 nitrogen and oxygen atoms in total. The third kappa shape index (κ3) is 3.75. The molecule has 2 heterocycles. The normalized spacial score (nSPS) is 12.0. The van der Waals surface area contributed by atoms with Crippen LogP contribution in [-0.2, 0) is 13.0 Å². The summed E-state index contributed by atoms with van der Waals surface area (Å²) in [6.45, 7) is 2.34. The zero-order valence-corrected chi connectivity index (χ0v) is 13.1. The first-order valence-corrected chi connectivity index (χ1v) is 7.51. The van der Waals surface area contributed by atoms with Gasteiger partial charge in [-0.3, -0.25) is 14.5 Å². The van der Waals surface area contributed by atoms with Gasteiger partial charge in [0.25, 0.3) is 5.91 Å². The van der Waals surface area contributed by atoms with E-state index >= 15 is 0 Å². The third-order valence-electron chi connectivity index (χ3n) is 3.52. The first-order chi connectivity index (χ1) is 11.6. The average Bonchev–Trinajstić information content (AvgIpc) is 3.23. The van der Waals surface area contributed by atoms with E-state index in [0.717, 1.165) is 6.42 Å². The molecule has 124 valence electrons. The zero-order valence-electron chi connectivity index (χ0n) is 13.1. The van der Waals surface area contributed by atoms with Crippen molar-refractivity contribution in [3.8, 4) is 0 Å². The van der Waals surface area contributed by atoms with Crippen molar-refractivity contribution in [3.63, 3.8) is 0 Å². The van der Waals surface area contributed by atoms with Gasteiger partial charge in [-0.1, -0.05) is 35.5 Å². The first kappa shape index (κ1) is 15.7. The predicted octanol–water partition coefficient (Wildman–Crippen LogP) is 0.423. The van der Waals surface area contributed by atoms with Gasteiger partial charge >= 0.3 is 5.69 Å². The Bertz CT molecular complexity index is 865. The molecule has 24 heavy (non-hydrogen) atoms. The summed E-state index contributed by atoms with van der Waals surface area (Å²) in [7, 11) is 0. The zero-order chi connectivity index (χ0) is 16.9. The van der Waals surface area contributed by atoms with Gasteiger partial charge in [0.1, 0.15) is 0 Å². The van der Waals surface area contributed by atoms with Crippen LogP contribution in [0.15, 0.2) is 41.3 Å². The first-order valence-electron chi connectivity index (χ1n) is 7.51. The molecule has 0 unspecified atom stereocenters. The number of hydrogen-bond donors (Lipinski definition) is 3. The van der Waals surface area contributed by atoms with Gasteiger partial charge in [0.2, 0.25) is 0 Å². The van der Waals surface area contributed by atoms with E-state index in [2.05, 4.69) is 30.8 Å². The predicted molar refractivity (Wildman–Crippen MR) is 85.3 cm³/mol. The van der Waals surface area contributed by atoms with E-state index in [-0.39, 0.29) is 11.6 Å². The Morgan fingerprint density at radius 2 is 2.12 bits per heavy atom. The van der Waals surface area contributed by atoms with E-state index < -0.39 is 11.7 Å². The summed E-state index contributed by atoms with van der Waals surface area (Å²) >= 11 is 0. The molecular formula is C15H17N7O2. The van der Waals surface area contributed by atoms with Crippen molar-refractivity contribution in [3.05, 3.63) is 64.1 Å². The maximum absolute atomic E-state index is 12.2. The van der Waals surface area contributed by atoms with Gasteiger partial charge in [0, 0.05) is 6.54 Å². The largest absolute Gasteiger partial charge is 0.341 e. The van der Waals surface area contributed by atoms with Crippen molar-refractivity contribution in [1.82, 2.24) is 35.5 Å². The van der Waals surface area contributed by atoms with E-state index in [0.29, 0.717) is 12.4 Å². The van der Waals surface area contributed by atoms with Crippen LogP contribution in [0.25, 0.3) is 0 Å². The lowest BCUT2D eigenvalue weighted by molar-refractivity contribution is 0.0933. The molecule has 3 N–H and O–H groups in total. The Morgan fingerprint density at radius 1 is 1.33 bits per heavy atom. The molecule has 0 radical (unpaired) electrons. The number of hydrogen-bond acceptors (Lipinski definition) is 5. The van der Waals surface area contributed by atoms with E-state index in [1.807, 2.05) is 30.3 Å². The van der Waals surface area contributed by atoms with Crippen molar-refractivity contribution in [2.75, 3.05) is 0 Å². The van der Waals surface area contributed by atoms with Crippen LogP contribution in [-0.4, -0.2) is 36.1 Å². The van der Waals surface area contributed by atoms with Crippen LogP contribution in [0.2, 0.25) is 0 Å². The Labute approximate surface area is 137 Å². The summed E-state index contributed by atoms with van der Waals surface area (Å²) in [5.41, 5.74) is 0.987. The number of benzene rings is 1. The van der Waals surface area contributed by atoms with Crippen molar-refractivity contribution in [1.29, 1.82) is 0 Å². The van der Waals surface area contributed by atoms with Crippen LogP contribution in [0.1, 0.15) is 34.8 Å². The minimum atomic E-state index is -0.453. The third-order valence-corrected chi connectivity index (χ3v) is 3.52. The molecule has 0 spiro atoms. The van der Waals surface area contributed by atoms with Crippen LogP contribution in [0.5, 0.6) is 0 Å². The fourth-order valence-corrected chi connectivity index (χ4v) is 2.23. The molecule has 0 saturated heterocycles. The van der Waals surface area contributed by atoms with E-state index in [1.165, 1.54) is 5.56 Å².